The first kappa shape index (κ1) is 18.5. The van der Waals surface area contributed by atoms with Crippen molar-refractivity contribution in [2.75, 3.05) is 7.11 Å². The molecule has 134 valence electrons. The van der Waals surface area contributed by atoms with Crippen LogP contribution in [0.2, 0.25) is 0 Å². The van der Waals surface area contributed by atoms with Crippen molar-refractivity contribution in [2.24, 2.45) is 5.92 Å². The fourth-order valence-corrected chi connectivity index (χ4v) is 2.25. The van der Waals surface area contributed by atoms with E-state index in [-0.39, 0.29) is 18.3 Å². The van der Waals surface area contributed by atoms with Crippen LogP contribution >= 0.6 is 0 Å². The summed E-state index contributed by atoms with van der Waals surface area (Å²) in [5.74, 6) is -0.957. The van der Waals surface area contributed by atoms with Gasteiger partial charge in [0.15, 0.2) is 0 Å². The number of hydrogen-bond acceptors (Lipinski definition) is 6. The first-order valence-electron chi connectivity index (χ1n) is 7.80. The fraction of sp³-hybridized carbons (Fsp3) is 0.438. The molecule has 0 fully saturated rings. The van der Waals surface area contributed by atoms with Gasteiger partial charge in [-0.05, 0) is 29.7 Å². The van der Waals surface area contributed by atoms with E-state index in [1.54, 1.807) is 6.07 Å². The zero-order chi connectivity index (χ0) is 18.4. The van der Waals surface area contributed by atoms with Crippen molar-refractivity contribution in [1.82, 2.24) is 25.5 Å². The minimum Gasteiger partial charge on any atom is -0.467 e. The molecule has 2 rings (SSSR count). The highest BCUT2D eigenvalue weighted by molar-refractivity contribution is 5.84. The van der Waals surface area contributed by atoms with E-state index in [1.165, 1.54) is 25.3 Å². The molecule has 1 aromatic carbocycles. The second kappa shape index (κ2) is 8.32. The molecular weight excluding hydrogens is 329 g/mol. The van der Waals surface area contributed by atoms with E-state index >= 15 is 0 Å². The molecular formula is C16H20FN5O3. The van der Waals surface area contributed by atoms with Crippen molar-refractivity contribution >= 4 is 11.9 Å². The summed E-state index contributed by atoms with van der Waals surface area (Å²) in [7, 11) is 1.27. The van der Waals surface area contributed by atoms with Crippen LogP contribution in [-0.2, 0) is 20.9 Å². The van der Waals surface area contributed by atoms with Crippen LogP contribution in [0, 0.1) is 11.7 Å². The topological polar surface area (TPSA) is 99.0 Å². The van der Waals surface area contributed by atoms with Crippen LogP contribution in [-0.4, -0.2) is 45.2 Å². The number of benzene rings is 1. The maximum absolute atomic E-state index is 13.2. The number of methoxy groups -OCH3 is 1. The minimum atomic E-state index is -0.733. The maximum atomic E-state index is 13.2. The van der Waals surface area contributed by atoms with Gasteiger partial charge in [-0.2, -0.15) is 4.80 Å². The molecule has 25 heavy (non-hydrogen) atoms. The summed E-state index contributed by atoms with van der Waals surface area (Å²) in [6.07, 6.45) is 0.456. The van der Waals surface area contributed by atoms with Crippen molar-refractivity contribution in [3.8, 4) is 11.4 Å². The summed E-state index contributed by atoms with van der Waals surface area (Å²) in [6, 6.07) is 5.02. The maximum Gasteiger partial charge on any atom is 0.328 e. The van der Waals surface area contributed by atoms with Gasteiger partial charge in [-0.3, -0.25) is 4.79 Å². The molecule has 9 heteroatoms. The lowest BCUT2D eigenvalue weighted by Gasteiger charge is -2.17. The lowest BCUT2D eigenvalue weighted by Crippen LogP contribution is -2.43. The Kier molecular flexibility index (Phi) is 6.15. The molecule has 2 aromatic rings. The fourth-order valence-electron chi connectivity index (χ4n) is 2.25. The van der Waals surface area contributed by atoms with E-state index < -0.39 is 23.7 Å². The third-order valence-electron chi connectivity index (χ3n) is 3.35. The van der Waals surface area contributed by atoms with Crippen molar-refractivity contribution in [3.63, 3.8) is 0 Å². The van der Waals surface area contributed by atoms with Crippen LogP contribution in [0.25, 0.3) is 11.4 Å². The number of nitrogens with zero attached hydrogens (tertiary/aromatic N) is 4. The summed E-state index contributed by atoms with van der Waals surface area (Å²) < 4.78 is 17.9. The van der Waals surface area contributed by atoms with Crippen LogP contribution in [0.4, 0.5) is 4.39 Å². The monoisotopic (exact) mass is 349 g/mol. The van der Waals surface area contributed by atoms with E-state index in [2.05, 4.69) is 20.7 Å². The van der Waals surface area contributed by atoms with Crippen molar-refractivity contribution in [1.29, 1.82) is 0 Å². The van der Waals surface area contributed by atoms with E-state index in [9.17, 15) is 14.0 Å². The van der Waals surface area contributed by atoms with E-state index in [0.29, 0.717) is 12.0 Å². The molecule has 1 N–H and O–H groups in total. The lowest BCUT2D eigenvalue weighted by atomic mass is 10.0. The second-order valence-corrected chi connectivity index (χ2v) is 5.93. The Balaban J connectivity index is 2.01. The zero-order valence-corrected chi connectivity index (χ0v) is 14.3. The standard InChI is InChI=1S/C16H20FN5O3/c1-10(2)7-13(16(24)25-3)18-14(23)9-22-20-15(19-21-22)11-5-4-6-12(17)8-11/h4-6,8,10,13H,7,9H2,1-3H3,(H,18,23)/t13-/m1/s1. The van der Waals surface area contributed by atoms with Gasteiger partial charge in [-0.25, -0.2) is 9.18 Å². The molecule has 0 unspecified atom stereocenters. The van der Waals surface area contributed by atoms with Gasteiger partial charge in [-0.1, -0.05) is 26.0 Å². The number of rotatable bonds is 7. The highest BCUT2D eigenvalue weighted by atomic mass is 19.1. The van der Waals surface area contributed by atoms with Gasteiger partial charge in [-0.15, -0.1) is 10.2 Å². The average molecular weight is 349 g/mol. The number of amides is 1. The van der Waals surface area contributed by atoms with E-state index in [4.69, 9.17) is 4.74 Å². The molecule has 0 saturated carbocycles. The van der Waals surface area contributed by atoms with E-state index in [1.807, 2.05) is 13.8 Å². The summed E-state index contributed by atoms with van der Waals surface area (Å²) >= 11 is 0. The third kappa shape index (κ3) is 5.33. The lowest BCUT2D eigenvalue weighted by molar-refractivity contribution is -0.145. The SMILES string of the molecule is COC(=O)[C@@H](CC(C)C)NC(=O)Cn1nnc(-c2cccc(F)c2)n1. The van der Waals surface area contributed by atoms with Gasteiger partial charge in [0.1, 0.15) is 18.4 Å². The molecule has 1 heterocycles. The predicted molar refractivity (Wildman–Crippen MR) is 86.6 cm³/mol. The van der Waals surface area contributed by atoms with Crippen LogP contribution < -0.4 is 5.32 Å². The van der Waals surface area contributed by atoms with Gasteiger partial charge in [0.25, 0.3) is 0 Å². The number of tetrazole rings is 1. The highest BCUT2D eigenvalue weighted by Crippen LogP contribution is 2.14. The third-order valence-corrected chi connectivity index (χ3v) is 3.35. The van der Waals surface area contributed by atoms with Crippen LogP contribution in [0.3, 0.4) is 0 Å². The Morgan fingerprint density at radius 1 is 1.36 bits per heavy atom. The number of ether oxygens (including phenoxy) is 1. The zero-order valence-electron chi connectivity index (χ0n) is 14.3. The largest absolute Gasteiger partial charge is 0.467 e. The molecule has 0 saturated heterocycles. The Morgan fingerprint density at radius 2 is 2.12 bits per heavy atom. The summed E-state index contributed by atoms with van der Waals surface area (Å²) in [5.41, 5.74) is 0.457. The number of esters is 1. The molecule has 0 spiro atoms. The van der Waals surface area contributed by atoms with E-state index in [0.717, 1.165) is 4.80 Å². The number of carbonyl (C=O) groups is 2. The van der Waals surface area contributed by atoms with Gasteiger partial charge >= 0.3 is 5.97 Å². The molecule has 0 radical (unpaired) electrons. The first-order valence-corrected chi connectivity index (χ1v) is 7.80. The predicted octanol–water partition coefficient (Wildman–Crippen LogP) is 1.18. The smallest absolute Gasteiger partial charge is 0.328 e. The molecule has 0 aliphatic carbocycles. The number of hydrogen-bond donors (Lipinski definition) is 1. The Labute approximate surface area is 144 Å². The molecule has 1 atom stereocenters. The molecule has 0 aliphatic heterocycles. The van der Waals surface area contributed by atoms with Gasteiger partial charge in [0.2, 0.25) is 11.7 Å². The summed E-state index contributed by atoms with van der Waals surface area (Å²) in [5, 5.41) is 14.2. The summed E-state index contributed by atoms with van der Waals surface area (Å²) in [4.78, 5) is 24.9. The molecule has 1 aromatic heterocycles. The Morgan fingerprint density at radius 3 is 2.76 bits per heavy atom. The van der Waals surface area contributed by atoms with Crippen LogP contribution in [0.15, 0.2) is 24.3 Å². The number of halogens is 1. The number of carbonyl (C=O) groups excluding carboxylic acids is 2. The van der Waals surface area contributed by atoms with Gasteiger partial charge in [0, 0.05) is 5.56 Å². The quantitative estimate of drug-likeness (QED) is 0.754. The minimum absolute atomic E-state index is 0.202. The van der Waals surface area contributed by atoms with Crippen molar-refractivity contribution < 1.29 is 18.7 Å². The Hall–Kier alpha value is -2.84. The highest BCUT2D eigenvalue weighted by Gasteiger charge is 2.23. The molecule has 8 nitrogen and oxygen atoms in total. The van der Waals surface area contributed by atoms with Crippen molar-refractivity contribution in [2.45, 2.75) is 32.9 Å². The summed E-state index contributed by atoms with van der Waals surface area (Å²) in [6.45, 7) is 3.66. The Bertz CT molecular complexity index is 747. The van der Waals surface area contributed by atoms with Crippen molar-refractivity contribution in [3.05, 3.63) is 30.1 Å². The van der Waals surface area contributed by atoms with Crippen LogP contribution in [0.5, 0.6) is 0 Å². The molecule has 0 bridgehead atoms. The molecule has 0 aliphatic rings. The van der Waals surface area contributed by atoms with Gasteiger partial charge in [0.05, 0.1) is 7.11 Å². The average Bonchev–Trinajstić information content (AvgIpc) is 3.01. The number of nitrogens with one attached hydrogen (secondary N) is 1. The second-order valence-electron chi connectivity index (χ2n) is 5.93. The number of aromatic nitrogens is 4. The van der Waals surface area contributed by atoms with Crippen LogP contribution in [0.1, 0.15) is 20.3 Å². The van der Waals surface area contributed by atoms with Gasteiger partial charge < -0.3 is 10.1 Å². The normalized spacial score (nSPS) is 12.0. The first-order chi connectivity index (χ1) is 11.9. The molecule has 1 amide bonds.